The van der Waals surface area contributed by atoms with Crippen molar-refractivity contribution in [2.75, 3.05) is 14.1 Å². The van der Waals surface area contributed by atoms with Crippen LogP contribution in [-0.4, -0.2) is 25.0 Å². The molecule has 0 aliphatic heterocycles. The number of nitrogens with one attached hydrogen (secondary N) is 1. The van der Waals surface area contributed by atoms with Crippen molar-refractivity contribution in [2.45, 2.75) is 25.7 Å². The van der Waals surface area contributed by atoms with Crippen LogP contribution in [0.2, 0.25) is 0 Å². The van der Waals surface area contributed by atoms with Gasteiger partial charge in [-0.3, -0.25) is 10.2 Å². The maximum absolute atomic E-state index is 11.4. The summed E-state index contributed by atoms with van der Waals surface area (Å²) in [5.74, 6) is 0.0887. The van der Waals surface area contributed by atoms with Crippen molar-refractivity contribution >= 4 is 21.8 Å². The lowest BCUT2D eigenvalue weighted by atomic mass is 10.1. The number of rotatable bonds is 6. The fourth-order valence-electron chi connectivity index (χ4n) is 1.57. The van der Waals surface area contributed by atoms with Crippen LogP contribution in [-0.2, 0) is 11.2 Å². The van der Waals surface area contributed by atoms with Crippen LogP contribution in [0.3, 0.4) is 0 Å². The molecular weight excluding hydrogens is 280 g/mol. The number of benzene rings is 1. The van der Waals surface area contributed by atoms with Crippen LogP contribution < -0.4 is 5.43 Å². The van der Waals surface area contributed by atoms with Gasteiger partial charge in [-0.2, -0.15) is 0 Å². The van der Waals surface area contributed by atoms with Gasteiger partial charge >= 0.3 is 0 Å². The monoisotopic (exact) mass is 298 g/mol. The van der Waals surface area contributed by atoms with Crippen molar-refractivity contribution in [3.63, 3.8) is 0 Å². The first kappa shape index (κ1) is 14.2. The Bertz CT molecular complexity index is 349. The van der Waals surface area contributed by atoms with Gasteiger partial charge in [-0.15, -0.1) is 0 Å². The zero-order valence-corrected chi connectivity index (χ0v) is 12.0. The molecule has 1 amide bonds. The number of carbonyl (C=O) groups excluding carboxylic acids is 1. The molecule has 4 heteroatoms. The molecule has 0 aliphatic rings. The number of halogens is 1. The third-order valence-electron chi connectivity index (χ3n) is 2.38. The number of nitrogens with zero attached hydrogens (tertiary/aromatic N) is 1. The molecule has 0 fully saturated rings. The highest BCUT2D eigenvalue weighted by Gasteiger charge is 2.01. The van der Waals surface area contributed by atoms with Gasteiger partial charge in [0.1, 0.15) is 0 Å². The molecule has 94 valence electrons. The molecule has 0 atom stereocenters. The molecule has 1 rings (SSSR count). The van der Waals surface area contributed by atoms with Crippen LogP contribution in [0, 0.1) is 0 Å². The van der Waals surface area contributed by atoms with Gasteiger partial charge in [0.05, 0.1) is 0 Å². The zero-order chi connectivity index (χ0) is 12.7. The average molecular weight is 299 g/mol. The molecule has 1 aromatic rings. The Morgan fingerprint density at radius 2 is 1.88 bits per heavy atom. The summed E-state index contributed by atoms with van der Waals surface area (Å²) >= 11 is 3.41. The lowest BCUT2D eigenvalue weighted by Crippen LogP contribution is -2.35. The topological polar surface area (TPSA) is 32.3 Å². The molecule has 0 aromatic heterocycles. The summed E-state index contributed by atoms with van der Waals surface area (Å²) in [7, 11) is 3.64. The second-order valence-electron chi connectivity index (χ2n) is 4.26. The van der Waals surface area contributed by atoms with E-state index >= 15 is 0 Å². The highest BCUT2D eigenvalue weighted by atomic mass is 79.9. The smallest absolute Gasteiger partial charge is 0.234 e. The normalized spacial score (nSPS) is 10.6. The van der Waals surface area contributed by atoms with Crippen LogP contribution in [0.1, 0.15) is 24.8 Å². The largest absolute Gasteiger partial charge is 0.289 e. The molecular formula is C13H19BrN2O. The summed E-state index contributed by atoms with van der Waals surface area (Å²) in [6.07, 6.45) is 3.59. The highest BCUT2D eigenvalue weighted by molar-refractivity contribution is 9.10. The minimum absolute atomic E-state index is 0.0887. The predicted molar refractivity (Wildman–Crippen MR) is 73.5 cm³/mol. The molecule has 0 spiro atoms. The number of hydrogen-bond acceptors (Lipinski definition) is 2. The quantitative estimate of drug-likeness (QED) is 0.647. The van der Waals surface area contributed by atoms with Gasteiger partial charge in [-0.1, -0.05) is 28.1 Å². The molecule has 0 radical (unpaired) electrons. The van der Waals surface area contributed by atoms with E-state index in [0.717, 1.165) is 23.7 Å². The summed E-state index contributed by atoms with van der Waals surface area (Å²) in [4.78, 5) is 11.4. The first-order valence-corrected chi connectivity index (χ1v) is 6.58. The highest BCUT2D eigenvalue weighted by Crippen LogP contribution is 2.12. The summed E-state index contributed by atoms with van der Waals surface area (Å²) in [6, 6.07) is 8.33. The van der Waals surface area contributed by atoms with E-state index in [1.807, 2.05) is 26.2 Å². The van der Waals surface area contributed by atoms with Gasteiger partial charge < -0.3 is 0 Å². The maximum atomic E-state index is 11.4. The molecule has 0 unspecified atom stereocenters. The van der Waals surface area contributed by atoms with Crippen molar-refractivity contribution in [1.29, 1.82) is 0 Å². The molecule has 0 heterocycles. The molecule has 1 aromatic carbocycles. The molecule has 0 aliphatic carbocycles. The lowest BCUT2D eigenvalue weighted by molar-refractivity contribution is -0.124. The Balaban J connectivity index is 2.16. The van der Waals surface area contributed by atoms with Crippen LogP contribution in [0.25, 0.3) is 0 Å². The first-order valence-electron chi connectivity index (χ1n) is 5.79. The van der Waals surface area contributed by atoms with Crippen molar-refractivity contribution < 1.29 is 4.79 Å². The van der Waals surface area contributed by atoms with E-state index in [4.69, 9.17) is 0 Å². The minimum Gasteiger partial charge on any atom is -0.289 e. The van der Waals surface area contributed by atoms with E-state index in [1.165, 1.54) is 5.56 Å². The summed E-state index contributed by atoms with van der Waals surface area (Å²) < 4.78 is 1.10. The van der Waals surface area contributed by atoms with Crippen molar-refractivity contribution in [3.05, 3.63) is 34.3 Å². The molecule has 1 N–H and O–H groups in total. The fraction of sp³-hybridized carbons (Fsp3) is 0.462. The Morgan fingerprint density at radius 3 is 2.47 bits per heavy atom. The van der Waals surface area contributed by atoms with Gasteiger partial charge in [0.25, 0.3) is 0 Å². The molecule has 0 saturated heterocycles. The minimum atomic E-state index is 0.0887. The number of hydrazine groups is 1. The van der Waals surface area contributed by atoms with Gasteiger partial charge in [-0.25, -0.2) is 5.01 Å². The molecule has 17 heavy (non-hydrogen) atoms. The van der Waals surface area contributed by atoms with E-state index in [9.17, 15) is 4.79 Å². The SMILES string of the molecule is CN(C)NC(=O)CCCCc1ccc(Br)cc1. The van der Waals surface area contributed by atoms with Crippen molar-refractivity contribution in [2.24, 2.45) is 0 Å². The van der Waals surface area contributed by atoms with Crippen LogP contribution >= 0.6 is 15.9 Å². The fourth-order valence-corrected chi connectivity index (χ4v) is 1.84. The van der Waals surface area contributed by atoms with Crippen LogP contribution in [0.15, 0.2) is 28.7 Å². The van der Waals surface area contributed by atoms with E-state index in [0.29, 0.717) is 6.42 Å². The van der Waals surface area contributed by atoms with Crippen molar-refractivity contribution in [3.8, 4) is 0 Å². The van der Waals surface area contributed by atoms with Gasteiger partial charge in [0.2, 0.25) is 5.91 Å². The first-order chi connectivity index (χ1) is 8.08. The number of amides is 1. The Labute approximate surface area is 111 Å². The third-order valence-corrected chi connectivity index (χ3v) is 2.91. The van der Waals surface area contributed by atoms with Crippen molar-refractivity contribution in [1.82, 2.24) is 10.4 Å². The van der Waals surface area contributed by atoms with E-state index < -0.39 is 0 Å². The Kier molecular flexibility index (Phi) is 6.22. The van der Waals surface area contributed by atoms with Crippen LogP contribution in [0.4, 0.5) is 0 Å². The summed E-state index contributed by atoms with van der Waals surface area (Å²) in [5.41, 5.74) is 4.06. The van der Waals surface area contributed by atoms with E-state index in [2.05, 4.69) is 33.5 Å². The molecule has 0 saturated carbocycles. The van der Waals surface area contributed by atoms with Gasteiger partial charge in [0.15, 0.2) is 0 Å². The maximum Gasteiger partial charge on any atom is 0.234 e. The summed E-state index contributed by atoms with van der Waals surface area (Å²) in [6.45, 7) is 0. The second kappa shape index (κ2) is 7.45. The average Bonchev–Trinajstić information content (AvgIpc) is 2.26. The number of unbranched alkanes of at least 4 members (excludes halogenated alkanes) is 1. The number of carbonyl (C=O) groups is 1. The lowest BCUT2D eigenvalue weighted by Gasteiger charge is -2.11. The Hall–Kier alpha value is -0.870. The number of aryl methyl sites for hydroxylation is 1. The number of hydrogen-bond donors (Lipinski definition) is 1. The van der Waals surface area contributed by atoms with Gasteiger partial charge in [-0.05, 0) is 37.0 Å². The van der Waals surface area contributed by atoms with Gasteiger partial charge in [0, 0.05) is 25.0 Å². The molecule has 0 bridgehead atoms. The van der Waals surface area contributed by atoms with Crippen LogP contribution in [0.5, 0.6) is 0 Å². The molecule has 3 nitrogen and oxygen atoms in total. The van der Waals surface area contributed by atoms with E-state index in [-0.39, 0.29) is 5.91 Å². The standard InChI is InChI=1S/C13H19BrN2O/c1-16(2)15-13(17)6-4-3-5-11-7-9-12(14)10-8-11/h7-10H,3-6H2,1-2H3,(H,15,17). The Morgan fingerprint density at radius 1 is 1.24 bits per heavy atom. The zero-order valence-electron chi connectivity index (χ0n) is 10.4. The van der Waals surface area contributed by atoms with E-state index in [1.54, 1.807) is 5.01 Å². The predicted octanol–water partition coefficient (Wildman–Crippen LogP) is 2.75. The summed E-state index contributed by atoms with van der Waals surface area (Å²) in [5, 5.41) is 1.68. The second-order valence-corrected chi connectivity index (χ2v) is 5.18. The third kappa shape index (κ3) is 6.44.